The monoisotopic (exact) mass is 396 g/mol. The highest BCUT2D eigenvalue weighted by Gasteiger charge is 2.61. The summed E-state index contributed by atoms with van der Waals surface area (Å²) in [5, 5.41) is 3.28. The highest BCUT2D eigenvalue weighted by molar-refractivity contribution is 5.84. The maximum absolute atomic E-state index is 13.9. The molecule has 2 amide bonds. The fraction of sp³-hybridized carbons (Fsp3) is 0.696. The van der Waals surface area contributed by atoms with Crippen LogP contribution in [0.2, 0.25) is 0 Å². The van der Waals surface area contributed by atoms with Crippen molar-refractivity contribution in [2.24, 2.45) is 17.3 Å². The highest BCUT2D eigenvalue weighted by Crippen LogP contribution is 2.62. The Morgan fingerprint density at radius 1 is 1.07 bits per heavy atom. The van der Waals surface area contributed by atoms with Crippen molar-refractivity contribution in [2.45, 2.75) is 57.4 Å². The van der Waals surface area contributed by atoms with Crippen molar-refractivity contribution in [2.75, 3.05) is 31.1 Å². The molecular weight excluding hydrogens is 364 g/mol. The largest absolute Gasteiger partial charge is 0.355 e. The fourth-order valence-corrected chi connectivity index (χ4v) is 7.26. The van der Waals surface area contributed by atoms with Gasteiger partial charge >= 0.3 is 0 Å². The Morgan fingerprint density at radius 3 is 2.55 bits per heavy atom. The molecule has 1 N–H and O–H groups in total. The maximum Gasteiger partial charge on any atom is 0.228 e. The van der Waals surface area contributed by atoms with Crippen LogP contribution >= 0.6 is 0 Å². The second-order valence-corrected chi connectivity index (χ2v) is 10.0. The molecule has 0 unspecified atom stereocenters. The lowest BCUT2D eigenvalue weighted by Crippen LogP contribution is -2.66. The smallest absolute Gasteiger partial charge is 0.228 e. The summed E-state index contributed by atoms with van der Waals surface area (Å²) < 4.78 is 0. The summed E-state index contributed by atoms with van der Waals surface area (Å²) >= 11 is 0. The summed E-state index contributed by atoms with van der Waals surface area (Å²) in [5.74, 6) is 2.58. The molecule has 5 aliphatic rings. The molecule has 1 aromatic rings. The van der Waals surface area contributed by atoms with Gasteiger partial charge in [-0.25, -0.2) is 4.98 Å². The van der Waals surface area contributed by atoms with Crippen molar-refractivity contribution in [3.8, 4) is 0 Å². The molecule has 0 aromatic carbocycles. The number of aromatic nitrogens is 1. The van der Waals surface area contributed by atoms with E-state index in [-0.39, 0.29) is 16.9 Å². The second kappa shape index (κ2) is 6.99. The molecule has 0 spiro atoms. The third kappa shape index (κ3) is 3.40. The van der Waals surface area contributed by atoms with Gasteiger partial charge in [0.2, 0.25) is 11.8 Å². The molecule has 4 aliphatic carbocycles. The van der Waals surface area contributed by atoms with Gasteiger partial charge in [-0.2, -0.15) is 0 Å². The number of carbonyl (C=O) groups excluding carboxylic acids is 2. The molecule has 0 radical (unpaired) electrons. The van der Waals surface area contributed by atoms with E-state index in [4.69, 9.17) is 0 Å². The Morgan fingerprint density at radius 2 is 1.86 bits per heavy atom. The van der Waals surface area contributed by atoms with Gasteiger partial charge in [-0.15, -0.1) is 0 Å². The minimum absolute atomic E-state index is 0.0512. The van der Waals surface area contributed by atoms with Gasteiger partial charge < -0.3 is 15.1 Å². The Labute approximate surface area is 173 Å². The van der Waals surface area contributed by atoms with Crippen LogP contribution in [0, 0.1) is 17.3 Å². The van der Waals surface area contributed by atoms with Crippen LogP contribution in [0.5, 0.6) is 0 Å². The van der Waals surface area contributed by atoms with Crippen molar-refractivity contribution >= 4 is 17.6 Å². The lowest BCUT2D eigenvalue weighted by molar-refractivity contribution is -0.163. The number of hydrogen-bond acceptors (Lipinski definition) is 4. The van der Waals surface area contributed by atoms with Crippen molar-refractivity contribution in [1.29, 1.82) is 0 Å². The van der Waals surface area contributed by atoms with Crippen LogP contribution in [-0.4, -0.2) is 53.4 Å². The second-order valence-electron chi connectivity index (χ2n) is 10.0. The minimum atomic E-state index is -0.257. The third-order valence-electron chi connectivity index (χ3n) is 7.71. The predicted molar refractivity (Wildman–Crippen MR) is 111 cm³/mol. The van der Waals surface area contributed by atoms with E-state index in [0.29, 0.717) is 17.7 Å². The average Bonchev–Trinajstić information content (AvgIpc) is 2.92. The van der Waals surface area contributed by atoms with E-state index in [0.717, 1.165) is 70.5 Å². The first-order chi connectivity index (χ1) is 14.0. The molecule has 4 bridgehead atoms. The van der Waals surface area contributed by atoms with Crippen LogP contribution in [0.15, 0.2) is 24.4 Å². The average molecular weight is 397 g/mol. The molecule has 1 saturated heterocycles. The maximum atomic E-state index is 13.9. The zero-order chi connectivity index (χ0) is 20.1. The lowest BCUT2D eigenvalue weighted by Gasteiger charge is -2.61. The number of carbonyl (C=O) groups is 2. The molecule has 6 nitrogen and oxygen atoms in total. The normalized spacial score (nSPS) is 36.0. The first-order valence-electron chi connectivity index (χ1n) is 11.2. The van der Waals surface area contributed by atoms with E-state index in [1.807, 2.05) is 24.4 Å². The van der Waals surface area contributed by atoms with Crippen molar-refractivity contribution in [3.05, 3.63) is 24.4 Å². The number of nitrogens with zero attached hydrogens (tertiary/aromatic N) is 3. The Bertz CT molecular complexity index is 781. The molecule has 4 saturated carbocycles. The molecule has 1 aliphatic heterocycles. The summed E-state index contributed by atoms with van der Waals surface area (Å²) in [6.07, 6.45) is 9.04. The van der Waals surface area contributed by atoms with Gasteiger partial charge in [0, 0.05) is 44.8 Å². The van der Waals surface area contributed by atoms with Crippen LogP contribution in [0.4, 0.5) is 5.82 Å². The van der Waals surface area contributed by atoms with Gasteiger partial charge in [0.05, 0.1) is 5.41 Å². The Kier molecular flexibility index (Phi) is 4.56. The molecular formula is C23H32N4O2. The van der Waals surface area contributed by atoms with E-state index in [1.54, 1.807) is 6.92 Å². The van der Waals surface area contributed by atoms with Crippen LogP contribution in [0.3, 0.4) is 0 Å². The number of rotatable bonds is 3. The van der Waals surface area contributed by atoms with Gasteiger partial charge in [0.1, 0.15) is 5.82 Å². The number of pyridine rings is 1. The molecule has 1 aromatic heterocycles. The molecule has 2 heterocycles. The Balaban J connectivity index is 1.33. The van der Waals surface area contributed by atoms with Gasteiger partial charge in [-0.1, -0.05) is 6.07 Å². The summed E-state index contributed by atoms with van der Waals surface area (Å²) in [7, 11) is 0. The van der Waals surface area contributed by atoms with E-state index in [1.165, 1.54) is 6.42 Å². The zero-order valence-electron chi connectivity index (χ0n) is 17.4. The molecule has 6 heteroatoms. The molecule has 156 valence electrons. The van der Waals surface area contributed by atoms with Crippen LogP contribution in [0.1, 0.15) is 51.9 Å². The highest BCUT2D eigenvalue weighted by atomic mass is 16.2. The number of nitrogens with one attached hydrogen (secondary N) is 1. The zero-order valence-corrected chi connectivity index (χ0v) is 17.4. The third-order valence-corrected chi connectivity index (χ3v) is 7.71. The summed E-state index contributed by atoms with van der Waals surface area (Å²) in [4.78, 5) is 34.7. The van der Waals surface area contributed by atoms with Gasteiger partial charge in [-0.3, -0.25) is 9.59 Å². The number of anilines is 1. The molecule has 2 atom stereocenters. The van der Waals surface area contributed by atoms with E-state index in [9.17, 15) is 9.59 Å². The first-order valence-corrected chi connectivity index (χ1v) is 11.2. The Hall–Kier alpha value is -2.11. The van der Waals surface area contributed by atoms with Crippen LogP contribution in [-0.2, 0) is 9.59 Å². The predicted octanol–water partition coefficient (Wildman–Crippen LogP) is 2.60. The fourth-order valence-electron chi connectivity index (χ4n) is 7.26. The van der Waals surface area contributed by atoms with Crippen molar-refractivity contribution < 1.29 is 9.59 Å². The standard InChI is InChI=1S/C23H32N4O2/c1-17(28)25-23-14-18-11-19(15-23)13-22(12-18,16-23)21(29)27-8-4-7-26(9-10-27)20-5-2-3-6-24-20/h2-3,5-6,18-19H,4,7-16H2,1H3,(H,25,28)/t18-,19-,22?,23?/m1/s1. The summed E-state index contributed by atoms with van der Waals surface area (Å²) in [5.41, 5.74) is -0.399. The molecule has 29 heavy (non-hydrogen) atoms. The SMILES string of the molecule is CC(=O)NC12C[C@@H]3C[C@@H](C1)CC(C(=O)N1CCCN(c4ccccn4)CC1)(C3)C2. The quantitative estimate of drug-likeness (QED) is 0.853. The molecule has 5 fully saturated rings. The van der Waals surface area contributed by atoms with Crippen molar-refractivity contribution in [3.63, 3.8) is 0 Å². The van der Waals surface area contributed by atoms with Crippen LogP contribution < -0.4 is 10.2 Å². The topological polar surface area (TPSA) is 65.5 Å². The number of hydrogen-bond donors (Lipinski definition) is 1. The molecule has 6 rings (SSSR count). The van der Waals surface area contributed by atoms with E-state index < -0.39 is 0 Å². The van der Waals surface area contributed by atoms with E-state index in [2.05, 4.69) is 20.1 Å². The van der Waals surface area contributed by atoms with E-state index >= 15 is 0 Å². The summed E-state index contributed by atoms with van der Waals surface area (Å²) in [6.45, 7) is 4.98. The van der Waals surface area contributed by atoms with Crippen LogP contribution in [0.25, 0.3) is 0 Å². The van der Waals surface area contributed by atoms with Gasteiger partial charge in [0.15, 0.2) is 0 Å². The summed E-state index contributed by atoms with van der Waals surface area (Å²) in [6, 6.07) is 6.01. The minimum Gasteiger partial charge on any atom is -0.355 e. The number of amides is 2. The van der Waals surface area contributed by atoms with Gasteiger partial charge in [0.25, 0.3) is 0 Å². The first kappa shape index (κ1) is 18.9. The van der Waals surface area contributed by atoms with Crippen molar-refractivity contribution in [1.82, 2.24) is 15.2 Å². The van der Waals surface area contributed by atoms with Gasteiger partial charge in [-0.05, 0) is 68.9 Å². The lowest BCUT2D eigenvalue weighted by atomic mass is 9.46.